The van der Waals surface area contributed by atoms with Crippen molar-refractivity contribution in [2.45, 2.75) is 291 Å². The van der Waals surface area contributed by atoms with Crippen LogP contribution in [0.25, 0.3) is 22.7 Å². The van der Waals surface area contributed by atoms with Crippen molar-refractivity contribution >= 4 is 23.7 Å². The van der Waals surface area contributed by atoms with E-state index < -0.39 is 0 Å². The van der Waals surface area contributed by atoms with E-state index in [0.717, 1.165) is 184 Å². The van der Waals surface area contributed by atoms with Crippen molar-refractivity contribution in [3.05, 3.63) is 371 Å². The summed E-state index contributed by atoms with van der Waals surface area (Å²) in [6.07, 6.45) is 42.2. The van der Waals surface area contributed by atoms with E-state index in [1.807, 2.05) is 165 Å². The van der Waals surface area contributed by atoms with Crippen molar-refractivity contribution in [3.8, 4) is 22.7 Å². The summed E-state index contributed by atoms with van der Waals surface area (Å²) in [6, 6.07) is 54.6. The molecule has 141 heavy (non-hydrogen) atoms. The maximum Gasteiger partial charge on any atom is 0.309 e. The first kappa shape index (κ1) is 104. The van der Waals surface area contributed by atoms with Gasteiger partial charge in [-0.05, 0) is 354 Å². The minimum absolute atomic E-state index is 0. The van der Waals surface area contributed by atoms with E-state index in [2.05, 4.69) is 165 Å². The van der Waals surface area contributed by atoms with E-state index in [4.69, 9.17) is 4.74 Å². The number of amides is 3. The number of imidazole rings is 4. The summed E-state index contributed by atoms with van der Waals surface area (Å²) >= 11 is 0. The van der Waals surface area contributed by atoms with Crippen LogP contribution >= 0.6 is 0 Å². The summed E-state index contributed by atoms with van der Waals surface area (Å²) in [5.41, 5.74) is 22.2. The highest BCUT2D eigenvalue weighted by Gasteiger charge is 2.65. The fourth-order valence-corrected chi connectivity index (χ4v) is 22.9. The number of fused-ring (bicyclic) bond motifs is 1. The Hall–Kier alpha value is -12.6. The van der Waals surface area contributed by atoms with E-state index in [-0.39, 0.29) is 129 Å². The second-order valence-corrected chi connectivity index (χ2v) is 40.1. The van der Waals surface area contributed by atoms with Gasteiger partial charge in [0.05, 0.1) is 84.2 Å². The third kappa shape index (κ3) is 23.7. The summed E-state index contributed by atoms with van der Waals surface area (Å²) in [4.78, 5) is 77.1. The van der Waals surface area contributed by atoms with Crippen molar-refractivity contribution in [2.75, 3.05) is 6.61 Å². The quantitative estimate of drug-likeness (QED) is 0.0391. The largest absolute Gasteiger partial charge is 0.466 e. The molecule has 17 nitrogen and oxygen atoms in total. The standard InChI is InChI=1S/2C29H32FN3O.C28H30FN3O.C17H20N2O2.C14H18FN.3CH4/c2*1-4-6-24-7-5-8-28(21-9-12-23(30)13-10-21)33(24)29(34)26-16-25(26)22-11-14-27(19(2)15-22)32-17-20(3)31-18-32;1-18-14-21(8-11-25(18)31-16-19(2)30-17-31)24-15-28(24)13-12-23-4-3-5-26(32(23)27(28)33)20-6-9-22(29)10-7-20;1-4-21-17(20)15-8-14(15)13-5-6-16(11(2)7-13)19-9-12(3)18-10-19;1-2-4-13-5-3-6-14(16-13)11-7-9-12(15)10-8-11;;;/h2*4,9-15,17-18,24-26,28H,1,5-8,16H2,2-3H3;6-11,14,16-17,23-24,26H,3-5,12-13,15H2,1-2H3;5-7,9-10,14-15H,4,8H2,1-3H3;2,7-10,13-14,16H,1,3-6H2;3*1H4. The van der Waals surface area contributed by atoms with E-state index >= 15 is 0 Å². The molecule has 5 saturated heterocycles. The van der Waals surface area contributed by atoms with Gasteiger partial charge in [-0.25, -0.2) is 37.5 Å². The number of nitrogens with zero attached hydrogens (tertiary/aromatic N) is 11. The third-order valence-electron chi connectivity index (χ3n) is 30.4. The van der Waals surface area contributed by atoms with Crippen LogP contribution in [0.15, 0.2) is 258 Å². The molecule has 9 fully saturated rings. The van der Waals surface area contributed by atoms with Gasteiger partial charge in [0.1, 0.15) is 23.3 Å². The highest BCUT2D eigenvalue weighted by Crippen LogP contribution is 2.67. The lowest BCUT2D eigenvalue weighted by molar-refractivity contribution is -0.150. The molecular formula is C120H144F4N12O5. The number of likely N-dealkylation sites (tertiary alicyclic amines) is 2. The predicted octanol–water partition coefficient (Wildman–Crippen LogP) is 27.5. The van der Waals surface area contributed by atoms with Crippen molar-refractivity contribution in [1.29, 1.82) is 0 Å². The molecule has 9 aliphatic rings. The highest BCUT2D eigenvalue weighted by molar-refractivity contribution is 5.89. The Balaban J connectivity index is 0.000000143. The van der Waals surface area contributed by atoms with Crippen LogP contribution in [0.2, 0.25) is 0 Å². The number of carbonyl (C=O) groups excluding carboxylic acids is 4. The normalized spacial score (nSPS) is 24.3. The number of esters is 1. The maximum absolute atomic E-state index is 14.0. The number of piperidine rings is 5. The van der Waals surface area contributed by atoms with E-state index in [9.17, 15) is 36.7 Å². The molecule has 16 atom stereocenters. The Morgan fingerprint density at radius 3 is 1.13 bits per heavy atom. The van der Waals surface area contributed by atoms with Crippen LogP contribution in [-0.2, 0) is 23.9 Å². The number of hydrogen-bond acceptors (Lipinski definition) is 10. The smallest absolute Gasteiger partial charge is 0.309 e. The van der Waals surface area contributed by atoms with Crippen molar-refractivity contribution in [2.24, 2.45) is 23.2 Å². The van der Waals surface area contributed by atoms with Gasteiger partial charge in [-0.1, -0.05) is 144 Å². The number of ether oxygens (including phenoxy) is 1. The average molecular weight is 1910 g/mol. The first-order valence-electron chi connectivity index (χ1n) is 50.0. The van der Waals surface area contributed by atoms with Crippen LogP contribution in [0.4, 0.5) is 17.6 Å². The monoisotopic (exact) mass is 1910 g/mol. The molecule has 21 heteroatoms. The molecule has 16 unspecified atom stereocenters. The molecule has 12 aromatic rings. The van der Waals surface area contributed by atoms with Gasteiger partial charge >= 0.3 is 5.97 Å². The van der Waals surface area contributed by atoms with Crippen LogP contribution in [-0.4, -0.2) is 107 Å². The van der Waals surface area contributed by atoms with Crippen LogP contribution in [0.1, 0.15) is 301 Å². The van der Waals surface area contributed by atoms with Gasteiger partial charge < -0.3 is 43.0 Å². The topological polar surface area (TPSA) is 171 Å². The van der Waals surface area contributed by atoms with Gasteiger partial charge in [-0.15, -0.1) is 19.7 Å². The van der Waals surface area contributed by atoms with Gasteiger partial charge in [0.15, 0.2) is 0 Å². The van der Waals surface area contributed by atoms with Crippen molar-refractivity contribution < 1.29 is 41.5 Å². The zero-order valence-corrected chi connectivity index (χ0v) is 81.3. The second kappa shape index (κ2) is 46.0. The number of rotatable bonds is 22. The fourth-order valence-electron chi connectivity index (χ4n) is 22.9. The molecule has 21 rings (SSSR count). The number of benzene rings is 8. The predicted molar refractivity (Wildman–Crippen MR) is 556 cm³/mol. The molecule has 1 N–H and O–H groups in total. The van der Waals surface area contributed by atoms with Crippen LogP contribution in [0, 0.1) is 102 Å². The molecule has 0 bridgehead atoms. The minimum atomic E-state index is -0.258. The lowest BCUT2D eigenvalue weighted by atomic mass is 9.79. The average Bonchev–Trinajstić information content (AvgIpc) is 1.54. The van der Waals surface area contributed by atoms with E-state index in [1.165, 1.54) is 111 Å². The number of aryl methyl sites for hydroxylation is 8. The fraction of sp³-hybridized carbons (Fsp3) is 0.417. The third-order valence-corrected chi connectivity index (χ3v) is 30.4. The van der Waals surface area contributed by atoms with Crippen molar-refractivity contribution in [3.63, 3.8) is 0 Å². The number of halogens is 4. The number of hydrogen-bond donors (Lipinski definition) is 1. The summed E-state index contributed by atoms with van der Waals surface area (Å²) in [5.74, 6) is 1.04. The Morgan fingerprint density at radius 1 is 0.411 bits per heavy atom. The van der Waals surface area contributed by atoms with E-state index in [1.54, 1.807) is 0 Å². The maximum atomic E-state index is 14.0. The van der Waals surface area contributed by atoms with Crippen LogP contribution in [0.3, 0.4) is 0 Å². The summed E-state index contributed by atoms with van der Waals surface area (Å²) < 4.78 is 66.7. The lowest BCUT2D eigenvalue weighted by Gasteiger charge is -2.48. The molecule has 9 heterocycles. The van der Waals surface area contributed by atoms with Gasteiger partial charge in [0.2, 0.25) is 17.7 Å². The SMILES string of the molecule is C.C.C.C=CCC1CCCC(c2ccc(F)cc2)N1.C=CCC1CCCC(c2ccc(F)cc2)N1C(=O)C1CC1c1ccc(-n2cnc(C)c2)c(C)c1.C=CCC1CCCC(c2ccc(F)cc2)N1C(=O)C1CC1c1ccc(-n2cnc(C)c2)c(C)c1.CCOC(=O)C1CC1c1ccc(-n2cnc(C)c2)c(C)c1.Cc1cn(-c2ccc(C3CC34CCC3CCCC(c5ccc(F)cc5)N3C4=O)cc2C)cn1. The zero-order valence-electron chi connectivity index (χ0n) is 81.3. The summed E-state index contributed by atoms with van der Waals surface area (Å²) in [5, 5.41) is 3.60. The Kier molecular flexibility index (Phi) is 34.0. The summed E-state index contributed by atoms with van der Waals surface area (Å²) in [6.45, 7) is 30.3. The van der Waals surface area contributed by atoms with Gasteiger partial charge in [0.25, 0.3) is 0 Å². The van der Waals surface area contributed by atoms with Gasteiger partial charge in [-0.2, -0.15) is 0 Å². The molecule has 742 valence electrons. The van der Waals surface area contributed by atoms with Crippen molar-refractivity contribution in [1.82, 2.24) is 58.2 Å². The molecule has 4 aromatic heterocycles. The highest BCUT2D eigenvalue weighted by atomic mass is 19.1. The van der Waals surface area contributed by atoms with E-state index in [0.29, 0.717) is 42.5 Å². The zero-order chi connectivity index (χ0) is 96.7. The number of aromatic nitrogens is 8. The van der Waals surface area contributed by atoms with Gasteiger partial charge in [0, 0.05) is 89.6 Å². The first-order chi connectivity index (χ1) is 66.8. The molecule has 4 aliphatic carbocycles. The molecule has 0 radical (unpaired) electrons. The number of nitrogens with one attached hydrogen (secondary N) is 1. The Labute approximate surface area is 833 Å². The van der Waals surface area contributed by atoms with Gasteiger partial charge in [-0.3, -0.25) is 19.2 Å². The Bertz CT molecular complexity index is 6150. The minimum Gasteiger partial charge on any atom is -0.466 e. The Morgan fingerprint density at radius 2 is 0.752 bits per heavy atom. The molecular weight excluding hydrogens is 1770 g/mol. The second-order valence-electron chi connectivity index (χ2n) is 40.1. The molecule has 4 saturated carbocycles. The van der Waals surface area contributed by atoms with Crippen LogP contribution in [0.5, 0.6) is 0 Å². The lowest BCUT2D eigenvalue weighted by Crippen LogP contribution is -2.52. The molecule has 5 aliphatic heterocycles. The van der Waals surface area contributed by atoms with Crippen LogP contribution < -0.4 is 5.32 Å². The molecule has 3 amide bonds. The first-order valence-corrected chi connectivity index (χ1v) is 50.0. The molecule has 1 spiro atoms. The summed E-state index contributed by atoms with van der Waals surface area (Å²) in [7, 11) is 0. The number of carbonyl (C=O) groups is 4. The molecule has 8 aromatic carbocycles.